The number of ketones is 1. The van der Waals surface area contributed by atoms with Crippen molar-refractivity contribution < 1.29 is 50.7 Å². The number of esters is 1. The fraction of sp³-hybridized carbons (Fsp3) is 0.658. The lowest BCUT2D eigenvalue weighted by atomic mass is 9.82. The molecule has 2 aromatic rings. The molecule has 2 saturated carbocycles. The summed E-state index contributed by atoms with van der Waals surface area (Å²) in [6.07, 6.45) is 3.39. The van der Waals surface area contributed by atoms with Crippen LogP contribution in [0.1, 0.15) is 85.5 Å². The van der Waals surface area contributed by atoms with E-state index in [-0.39, 0.29) is 49.3 Å². The number of carbonyl (C=O) groups excluding carboxylic acids is 4. The van der Waals surface area contributed by atoms with E-state index in [0.717, 1.165) is 10.8 Å². The number of likely N-dealkylation sites (tertiary alicyclic amines) is 1. The Hall–Kier alpha value is -3.82. The van der Waals surface area contributed by atoms with Gasteiger partial charge >= 0.3 is 16.3 Å². The quantitative estimate of drug-likeness (QED) is 0.256. The smallest absolute Gasteiger partial charge is 0.362 e. The number of hydrogen-bond donors (Lipinski definition) is 1. The lowest BCUT2D eigenvalue weighted by molar-refractivity contribution is -0.160. The maximum atomic E-state index is 14.7. The molecule has 4 fully saturated rings. The Balaban J connectivity index is 1.28. The summed E-state index contributed by atoms with van der Waals surface area (Å²) in [6, 6.07) is 6.32. The summed E-state index contributed by atoms with van der Waals surface area (Å²) in [5.41, 5.74) is -2.01. The number of nitrogens with one attached hydrogen (secondary N) is 1. The Bertz CT molecular complexity index is 1820. The van der Waals surface area contributed by atoms with E-state index in [4.69, 9.17) is 23.1 Å². The second-order valence-electron chi connectivity index (χ2n) is 15.8. The van der Waals surface area contributed by atoms with Gasteiger partial charge < -0.3 is 23.8 Å². The third-order valence-corrected chi connectivity index (χ3v) is 11.7. The second kappa shape index (κ2) is 15.5. The molecule has 2 amide bonds. The molecule has 0 bridgehead atoms. The van der Waals surface area contributed by atoms with Crippen LogP contribution in [0.25, 0.3) is 10.8 Å². The lowest BCUT2D eigenvalue weighted by Crippen LogP contribution is -2.48. The summed E-state index contributed by atoms with van der Waals surface area (Å²) in [5, 5.41) is 1.55. The summed E-state index contributed by atoms with van der Waals surface area (Å²) in [5.74, 6) is -2.23. The molecule has 0 spiro atoms. The van der Waals surface area contributed by atoms with Gasteiger partial charge in [-0.15, -0.1) is 0 Å². The van der Waals surface area contributed by atoms with Crippen molar-refractivity contribution in [3.63, 3.8) is 0 Å². The van der Waals surface area contributed by atoms with E-state index in [0.29, 0.717) is 63.4 Å². The molecule has 6 rings (SSSR count). The van der Waals surface area contributed by atoms with E-state index in [9.17, 15) is 27.6 Å². The van der Waals surface area contributed by atoms with E-state index in [1.165, 1.54) is 4.90 Å². The van der Waals surface area contributed by atoms with Crippen LogP contribution in [-0.2, 0) is 43.1 Å². The van der Waals surface area contributed by atoms with Crippen LogP contribution >= 0.6 is 0 Å². The maximum absolute atomic E-state index is 14.7. The minimum absolute atomic E-state index is 0.0392. The number of benzene rings is 1. The number of methoxy groups -OCH3 is 1. The number of nitrogens with zero attached hydrogens (tertiary/aromatic N) is 2. The number of hydrogen-bond acceptors (Lipinski definition) is 12. The largest absolute Gasteiger partial charge is 0.497 e. The Morgan fingerprint density at radius 1 is 1.08 bits per heavy atom. The van der Waals surface area contributed by atoms with Crippen molar-refractivity contribution in [1.29, 1.82) is 0 Å². The Morgan fingerprint density at radius 2 is 1.81 bits per heavy atom. The molecule has 1 aromatic heterocycles. The zero-order chi connectivity index (χ0) is 38.1. The average Bonchev–Trinajstić information content (AvgIpc) is 4.02. The highest BCUT2D eigenvalue weighted by molar-refractivity contribution is 7.85. The van der Waals surface area contributed by atoms with Crippen LogP contribution in [0.2, 0.25) is 0 Å². The molecule has 15 heteroatoms. The van der Waals surface area contributed by atoms with Gasteiger partial charge in [-0.1, -0.05) is 13.3 Å². The molecule has 14 nitrogen and oxygen atoms in total. The number of carbonyl (C=O) groups is 4. The molecule has 2 aliphatic carbocycles. The summed E-state index contributed by atoms with van der Waals surface area (Å²) < 4.78 is 55.4. The monoisotopic (exact) mass is 757 g/mol. The topological polar surface area (TPSA) is 177 Å². The van der Waals surface area contributed by atoms with Gasteiger partial charge in [0.2, 0.25) is 17.7 Å². The minimum Gasteiger partial charge on any atom is -0.497 e. The molecule has 0 radical (unpaired) electrons. The van der Waals surface area contributed by atoms with Crippen molar-refractivity contribution in [3.05, 3.63) is 30.5 Å². The van der Waals surface area contributed by atoms with E-state index in [2.05, 4.69) is 9.71 Å². The number of aromatic nitrogens is 1. The first kappa shape index (κ1) is 38.9. The first-order valence-electron chi connectivity index (χ1n) is 18.6. The number of Topliss-reactive ketones (excluding diaryl/α,β-unsaturated/α-hetero) is 1. The van der Waals surface area contributed by atoms with E-state index >= 15 is 0 Å². The van der Waals surface area contributed by atoms with Crippen molar-refractivity contribution in [3.8, 4) is 11.6 Å². The van der Waals surface area contributed by atoms with Crippen LogP contribution in [0.15, 0.2) is 30.5 Å². The number of ether oxygens (including phenoxy) is 4. The van der Waals surface area contributed by atoms with Crippen LogP contribution in [0.3, 0.4) is 0 Å². The SMILES string of the molecule is CC[C@@H]1C[C@]1(CC(=O)[C@@H]1CC(Oc2nccc3cc(OC)ccc23)CN1C(=O)[C@@H](CC(=O)OC(C)(C)C)C1CCOCC1)C(=O)NS(=O)(=O)OC1CC1. The van der Waals surface area contributed by atoms with Crippen molar-refractivity contribution >= 4 is 44.6 Å². The predicted octanol–water partition coefficient (Wildman–Crippen LogP) is 4.28. The van der Waals surface area contributed by atoms with Crippen LogP contribution in [-0.4, -0.2) is 92.6 Å². The molecule has 1 unspecified atom stereocenters. The van der Waals surface area contributed by atoms with Crippen LogP contribution in [0.4, 0.5) is 0 Å². The fourth-order valence-electron chi connectivity index (χ4n) is 7.79. The first-order chi connectivity index (χ1) is 25.1. The molecule has 2 saturated heterocycles. The third-order valence-electron chi connectivity index (χ3n) is 10.8. The number of rotatable bonds is 15. The van der Waals surface area contributed by atoms with Gasteiger partial charge in [0.25, 0.3) is 0 Å². The lowest BCUT2D eigenvalue weighted by Gasteiger charge is -2.34. The highest BCUT2D eigenvalue weighted by Gasteiger charge is 2.61. The molecule has 2 aliphatic heterocycles. The average molecular weight is 758 g/mol. The van der Waals surface area contributed by atoms with Gasteiger partial charge in [-0.05, 0) is 94.4 Å². The predicted molar refractivity (Wildman–Crippen MR) is 192 cm³/mol. The number of amides is 2. The summed E-state index contributed by atoms with van der Waals surface area (Å²) in [7, 11) is -2.77. The molecule has 53 heavy (non-hydrogen) atoms. The fourth-order valence-corrected chi connectivity index (χ4v) is 8.82. The van der Waals surface area contributed by atoms with Crippen LogP contribution in [0, 0.1) is 23.2 Å². The molecule has 4 aliphatic rings. The summed E-state index contributed by atoms with van der Waals surface area (Å²) in [6.45, 7) is 8.11. The van der Waals surface area contributed by atoms with Gasteiger partial charge in [0.15, 0.2) is 5.78 Å². The van der Waals surface area contributed by atoms with Gasteiger partial charge in [-0.25, -0.2) is 9.71 Å². The highest BCUT2D eigenvalue weighted by Crippen LogP contribution is 2.58. The van der Waals surface area contributed by atoms with Crippen molar-refractivity contribution in [2.75, 3.05) is 26.9 Å². The van der Waals surface area contributed by atoms with Crippen LogP contribution < -0.4 is 14.2 Å². The summed E-state index contributed by atoms with van der Waals surface area (Å²) in [4.78, 5) is 62.0. The van der Waals surface area contributed by atoms with Crippen molar-refractivity contribution in [1.82, 2.24) is 14.6 Å². The van der Waals surface area contributed by atoms with E-state index < -0.39 is 57.4 Å². The number of pyridine rings is 1. The van der Waals surface area contributed by atoms with Crippen molar-refractivity contribution in [2.24, 2.45) is 23.2 Å². The molecule has 3 heterocycles. The van der Waals surface area contributed by atoms with Crippen LogP contribution in [0.5, 0.6) is 11.6 Å². The van der Waals surface area contributed by atoms with Gasteiger partial charge in [-0.2, -0.15) is 8.42 Å². The van der Waals surface area contributed by atoms with Gasteiger partial charge in [0.05, 0.1) is 43.6 Å². The standard InChI is InChI=1S/C38H51N3O11S/c1-6-25-20-38(25,36(45)40-53(46,47)52-26-7-8-26)21-32(42)31-18-28(50-34-29-10-9-27(48-5)17-24(29)11-14-39-34)22-41(31)35(44)30(23-12-15-49-16-13-23)19-33(43)51-37(2,3)4/h9-11,14,17,23,25-26,28,30-31H,6-8,12-13,15-16,18-22H2,1-5H3,(H,40,45)/t25-,28?,30+,31+,38-/m1/s1. The van der Waals surface area contributed by atoms with Gasteiger partial charge in [0, 0.05) is 37.6 Å². The second-order valence-corrected chi connectivity index (χ2v) is 17.1. The molecule has 1 aromatic carbocycles. The zero-order valence-electron chi connectivity index (χ0n) is 31.1. The molecule has 5 atom stereocenters. The third kappa shape index (κ3) is 9.29. The normalized spacial score (nSPS) is 25.5. The Morgan fingerprint density at radius 3 is 2.45 bits per heavy atom. The molecular formula is C38H51N3O11S. The van der Waals surface area contributed by atoms with E-state index in [1.807, 2.05) is 25.1 Å². The Kier molecular flexibility index (Phi) is 11.4. The minimum atomic E-state index is -4.35. The Labute approximate surface area is 310 Å². The first-order valence-corrected chi connectivity index (χ1v) is 20.0. The summed E-state index contributed by atoms with van der Waals surface area (Å²) >= 11 is 0. The zero-order valence-corrected chi connectivity index (χ0v) is 31.9. The molecule has 1 N–H and O–H groups in total. The van der Waals surface area contributed by atoms with E-state index in [1.54, 1.807) is 40.1 Å². The van der Waals surface area contributed by atoms with Crippen molar-refractivity contribution in [2.45, 2.75) is 109 Å². The highest BCUT2D eigenvalue weighted by atomic mass is 32.2. The molecular weight excluding hydrogens is 706 g/mol. The van der Waals surface area contributed by atoms with Gasteiger partial charge in [-0.3, -0.25) is 23.4 Å². The maximum Gasteiger partial charge on any atom is 0.362 e. The molecule has 290 valence electrons. The number of fused-ring (bicyclic) bond motifs is 1. The van der Waals surface area contributed by atoms with Gasteiger partial charge in [0.1, 0.15) is 17.5 Å².